The Morgan fingerprint density at radius 2 is 1.86 bits per heavy atom. The van der Waals surface area contributed by atoms with Crippen molar-refractivity contribution in [1.82, 2.24) is 14.9 Å². The van der Waals surface area contributed by atoms with Gasteiger partial charge in [-0.15, -0.1) is 0 Å². The molecule has 4 nitrogen and oxygen atoms in total. The van der Waals surface area contributed by atoms with Crippen LogP contribution in [0.25, 0.3) is 22.2 Å². The third kappa shape index (κ3) is 3.60. The van der Waals surface area contributed by atoms with Crippen molar-refractivity contribution in [3.8, 4) is 11.3 Å². The maximum atomic E-state index is 13.8. The van der Waals surface area contributed by atoms with Crippen LogP contribution in [-0.4, -0.2) is 27.8 Å². The summed E-state index contributed by atoms with van der Waals surface area (Å²) < 4.78 is 13.8. The van der Waals surface area contributed by atoms with Gasteiger partial charge in [0, 0.05) is 43.0 Å². The Kier molecular flexibility index (Phi) is 4.81. The molecule has 2 aromatic carbocycles. The van der Waals surface area contributed by atoms with E-state index in [0.29, 0.717) is 28.7 Å². The molecule has 0 aliphatic heterocycles. The minimum atomic E-state index is -0.382. The summed E-state index contributed by atoms with van der Waals surface area (Å²) in [6.45, 7) is 0.429. The molecule has 0 N–H and O–H groups in total. The van der Waals surface area contributed by atoms with Crippen LogP contribution in [-0.2, 0) is 6.54 Å². The fourth-order valence-corrected chi connectivity index (χ4v) is 3.18. The second-order valence-electron chi connectivity index (χ2n) is 6.61. The van der Waals surface area contributed by atoms with Crippen molar-refractivity contribution in [2.45, 2.75) is 6.54 Å². The van der Waals surface area contributed by atoms with Gasteiger partial charge in [0.05, 0.1) is 16.8 Å². The van der Waals surface area contributed by atoms with E-state index in [0.717, 1.165) is 11.1 Å². The standard InChI is InChI=1S/C23H18FN3O/c1-27(15-16-6-5-11-25-14-16)23(28)20-13-21(17-7-3-2-4-8-17)26-22-12-18(24)9-10-19(20)22/h2-14H,15H2,1H3. The Morgan fingerprint density at radius 3 is 2.61 bits per heavy atom. The first kappa shape index (κ1) is 17.8. The van der Waals surface area contributed by atoms with E-state index < -0.39 is 0 Å². The van der Waals surface area contributed by atoms with Crippen molar-refractivity contribution >= 4 is 16.8 Å². The number of amides is 1. The molecule has 0 radical (unpaired) electrons. The number of carbonyl (C=O) groups excluding carboxylic acids is 1. The summed E-state index contributed by atoms with van der Waals surface area (Å²) in [7, 11) is 1.74. The lowest BCUT2D eigenvalue weighted by atomic mass is 10.0. The molecule has 1 amide bonds. The van der Waals surface area contributed by atoms with Crippen LogP contribution in [0.15, 0.2) is 79.1 Å². The first-order valence-electron chi connectivity index (χ1n) is 8.92. The summed E-state index contributed by atoms with van der Waals surface area (Å²) >= 11 is 0. The zero-order valence-electron chi connectivity index (χ0n) is 15.3. The monoisotopic (exact) mass is 371 g/mol. The van der Waals surface area contributed by atoms with Crippen LogP contribution >= 0.6 is 0 Å². The lowest BCUT2D eigenvalue weighted by molar-refractivity contribution is 0.0787. The predicted molar refractivity (Wildman–Crippen MR) is 107 cm³/mol. The molecule has 28 heavy (non-hydrogen) atoms. The summed E-state index contributed by atoms with van der Waals surface area (Å²) in [4.78, 5) is 23.5. The first-order valence-corrected chi connectivity index (χ1v) is 8.92. The van der Waals surface area contributed by atoms with Gasteiger partial charge in [-0.2, -0.15) is 0 Å². The van der Waals surface area contributed by atoms with Gasteiger partial charge < -0.3 is 4.90 Å². The number of rotatable bonds is 4. The van der Waals surface area contributed by atoms with E-state index >= 15 is 0 Å². The quantitative estimate of drug-likeness (QED) is 0.522. The van der Waals surface area contributed by atoms with Crippen molar-refractivity contribution in [2.24, 2.45) is 0 Å². The van der Waals surface area contributed by atoms with Crippen molar-refractivity contribution in [2.75, 3.05) is 7.05 Å². The molecule has 0 saturated carbocycles. The topological polar surface area (TPSA) is 46.1 Å². The van der Waals surface area contributed by atoms with E-state index in [1.165, 1.54) is 12.1 Å². The molecule has 0 unspecified atom stereocenters. The molecule has 2 aromatic heterocycles. The lowest BCUT2D eigenvalue weighted by Gasteiger charge is -2.19. The summed E-state index contributed by atoms with van der Waals surface area (Å²) in [6.07, 6.45) is 3.43. The van der Waals surface area contributed by atoms with Gasteiger partial charge in [0.25, 0.3) is 5.91 Å². The van der Waals surface area contributed by atoms with Gasteiger partial charge in [0.1, 0.15) is 5.82 Å². The van der Waals surface area contributed by atoms with Gasteiger partial charge in [0.2, 0.25) is 0 Å². The summed E-state index contributed by atoms with van der Waals surface area (Å²) in [5.41, 5.74) is 3.40. The molecular formula is C23H18FN3O. The number of benzene rings is 2. The van der Waals surface area contributed by atoms with E-state index in [1.807, 2.05) is 42.5 Å². The lowest BCUT2D eigenvalue weighted by Crippen LogP contribution is -2.26. The summed E-state index contributed by atoms with van der Waals surface area (Å²) in [6, 6.07) is 19.4. The van der Waals surface area contributed by atoms with Gasteiger partial charge in [-0.1, -0.05) is 36.4 Å². The number of fused-ring (bicyclic) bond motifs is 1. The molecule has 0 bridgehead atoms. The molecule has 4 rings (SSSR count). The highest BCUT2D eigenvalue weighted by Crippen LogP contribution is 2.26. The van der Waals surface area contributed by atoms with Crippen LogP contribution in [0.1, 0.15) is 15.9 Å². The molecular weight excluding hydrogens is 353 g/mol. The largest absolute Gasteiger partial charge is 0.337 e. The fraction of sp³-hybridized carbons (Fsp3) is 0.0870. The van der Waals surface area contributed by atoms with Crippen LogP contribution in [0, 0.1) is 5.82 Å². The van der Waals surface area contributed by atoms with E-state index in [9.17, 15) is 9.18 Å². The van der Waals surface area contributed by atoms with Crippen LogP contribution in [0.2, 0.25) is 0 Å². The minimum Gasteiger partial charge on any atom is -0.337 e. The minimum absolute atomic E-state index is 0.153. The van der Waals surface area contributed by atoms with Gasteiger partial charge >= 0.3 is 0 Å². The van der Waals surface area contributed by atoms with Gasteiger partial charge in [0.15, 0.2) is 0 Å². The third-order valence-corrected chi connectivity index (χ3v) is 4.56. The second kappa shape index (κ2) is 7.56. The second-order valence-corrected chi connectivity index (χ2v) is 6.61. The molecule has 138 valence electrons. The number of nitrogens with zero attached hydrogens (tertiary/aromatic N) is 3. The average molecular weight is 371 g/mol. The Bertz CT molecular complexity index is 1130. The molecule has 0 atom stereocenters. The summed E-state index contributed by atoms with van der Waals surface area (Å²) in [5.74, 6) is -0.535. The van der Waals surface area contributed by atoms with Crippen LogP contribution in [0.3, 0.4) is 0 Å². The SMILES string of the molecule is CN(Cc1cccnc1)C(=O)c1cc(-c2ccccc2)nc2cc(F)ccc12. The van der Waals surface area contributed by atoms with Crippen LogP contribution < -0.4 is 0 Å². The van der Waals surface area contributed by atoms with Crippen molar-refractivity contribution in [3.05, 3.63) is 96.1 Å². The number of halogens is 1. The Labute approximate surface area is 162 Å². The highest BCUT2D eigenvalue weighted by molar-refractivity contribution is 6.07. The molecule has 4 aromatic rings. The van der Waals surface area contributed by atoms with Gasteiger partial charge in [-0.05, 0) is 29.8 Å². The maximum absolute atomic E-state index is 13.8. The van der Waals surface area contributed by atoms with Crippen molar-refractivity contribution in [3.63, 3.8) is 0 Å². The summed E-state index contributed by atoms with van der Waals surface area (Å²) in [5, 5.41) is 0.629. The van der Waals surface area contributed by atoms with Gasteiger partial charge in [-0.3, -0.25) is 9.78 Å². The van der Waals surface area contributed by atoms with Gasteiger partial charge in [-0.25, -0.2) is 9.37 Å². The van der Waals surface area contributed by atoms with Crippen molar-refractivity contribution in [1.29, 1.82) is 0 Å². The third-order valence-electron chi connectivity index (χ3n) is 4.56. The Morgan fingerprint density at radius 1 is 1.04 bits per heavy atom. The Balaban J connectivity index is 1.79. The normalized spacial score (nSPS) is 10.8. The average Bonchev–Trinajstić information content (AvgIpc) is 2.73. The fourth-order valence-electron chi connectivity index (χ4n) is 3.18. The number of aromatic nitrogens is 2. The first-order chi connectivity index (χ1) is 13.6. The van der Waals surface area contributed by atoms with Crippen LogP contribution in [0.4, 0.5) is 4.39 Å². The molecule has 0 fully saturated rings. The van der Waals surface area contributed by atoms with E-state index in [1.54, 1.807) is 36.5 Å². The molecule has 5 heteroatoms. The molecule has 0 aliphatic rings. The molecule has 2 heterocycles. The van der Waals surface area contributed by atoms with E-state index in [-0.39, 0.29) is 11.7 Å². The molecule has 0 spiro atoms. The maximum Gasteiger partial charge on any atom is 0.254 e. The molecule has 0 saturated heterocycles. The zero-order valence-corrected chi connectivity index (χ0v) is 15.3. The van der Waals surface area contributed by atoms with E-state index in [2.05, 4.69) is 9.97 Å². The zero-order chi connectivity index (χ0) is 19.5. The Hall–Kier alpha value is -3.60. The van der Waals surface area contributed by atoms with Crippen LogP contribution in [0.5, 0.6) is 0 Å². The highest BCUT2D eigenvalue weighted by Gasteiger charge is 2.18. The van der Waals surface area contributed by atoms with E-state index in [4.69, 9.17) is 0 Å². The smallest absolute Gasteiger partial charge is 0.254 e. The predicted octanol–water partition coefficient (Wildman–Crippen LogP) is 4.71. The number of hydrogen-bond acceptors (Lipinski definition) is 3. The number of hydrogen-bond donors (Lipinski definition) is 0. The highest BCUT2D eigenvalue weighted by atomic mass is 19.1. The number of carbonyl (C=O) groups is 1. The van der Waals surface area contributed by atoms with Crippen molar-refractivity contribution < 1.29 is 9.18 Å². The number of pyridine rings is 2. The molecule has 0 aliphatic carbocycles.